The molecule has 5 aromatic carbocycles. The Bertz CT molecular complexity index is 1250. The van der Waals surface area contributed by atoms with Crippen LogP contribution in [-0.4, -0.2) is 0 Å². The van der Waals surface area contributed by atoms with Crippen molar-refractivity contribution < 1.29 is 0 Å². The SMILES string of the molecule is Clc1cccc2c(-c3cc4ccccc4c4ccccc34)cccc12. The van der Waals surface area contributed by atoms with Crippen LogP contribution in [0, 0.1) is 0 Å². The first kappa shape index (κ1) is 14.5. The number of hydrogen-bond donors (Lipinski definition) is 0. The Labute approximate surface area is 151 Å². The molecule has 0 nitrogen and oxygen atoms in total. The van der Waals surface area contributed by atoms with E-state index in [0.717, 1.165) is 10.4 Å². The fourth-order valence-corrected chi connectivity index (χ4v) is 4.02. The Morgan fingerprint density at radius 2 is 1.04 bits per heavy atom. The molecule has 0 aliphatic rings. The van der Waals surface area contributed by atoms with Crippen molar-refractivity contribution in [3.63, 3.8) is 0 Å². The molecule has 5 aromatic rings. The van der Waals surface area contributed by atoms with Crippen LogP contribution in [0.1, 0.15) is 0 Å². The zero-order valence-electron chi connectivity index (χ0n) is 13.5. The molecule has 0 heterocycles. The summed E-state index contributed by atoms with van der Waals surface area (Å²) in [6.45, 7) is 0. The summed E-state index contributed by atoms with van der Waals surface area (Å²) in [6, 6.07) is 32.0. The summed E-state index contributed by atoms with van der Waals surface area (Å²) in [5, 5.41) is 8.19. The minimum atomic E-state index is 0.796. The van der Waals surface area contributed by atoms with Gasteiger partial charge in [0, 0.05) is 10.4 Å². The van der Waals surface area contributed by atoms with E-state index in [2.05, 4.69) is 78.9 Å². The molecule has 0 aromatic heterocycles. The Morgan fingerprint density at radius 3 is 1.92 bits per heavy atom. The summed E-state index contributed by atoms with van der Waals surface area (Å²) in [5.41, 5.74) is 2.48. The van der Waals surface area contributed by atoms with Gasteiger partial charge in [-0.15, -0.1) is 0 Å². The maximum atomic E-state index is 6.43. The molecule has 0 aliphatic carbocycles. The molecule has 0 saturated carbocycles. The molecule has 0 fully saturated rings. The number of benzene rings is 5. The van der Waals surface area contributed by atoms with E-state index in [0.29, 0.717) is 0 Å². The van der Waals surface area contributed by atoms with Gasteiger partial charge < -0.3 is 0 Å². The number of hydrogen-bond acceptors (Lipinski definition) is 0. The van der Waals surface area contributed by atoms with Crippen LogP contribution < -0.4 is 0 Å². The highest BCUT2D eigenvalue weighted by Gasteiger charge is 2.11. The molecule has 0 radical (unpaired) electrons. The van der Waals surface area contributed by atoms with Crippen molar-refractivity contribution >= 4 is 43.9 Å². The summed E-state index contributed by atoms with van der Waals surface area (Å²) in [6.07, 6.45) is 0. The van der Waals surface area contributed by atoms with E-state index in [-0.39, 0.29) is 0 Å². The largest absolute Gasteiger partial charge is 0.0837 e. The molecule has 0 N–H and O–H groups in total. The second-order valence-corrected chi connectivity index (χ2v) is 6.74. The monoisotopic (exact) mass is 338 g/mol. The zero-order valence-corrected chi connectivity index (χ0v) is 14.3. The van der Waals surface area contributed by atoms with Gasteiger partial charge in [0.2, 0.25) is 0 Å². The second kappa shape index (κ2) is 5.61. The lowest BCUT2D eigenvalue weighted by molar-refractivity contribution is 1.70. The molecule has 1 heteroatoms. The van der Waals surface area contributed by atoms with Crippen molar-refractivity contribution in [1.82, 2.24) is 0 Å². The smallest absolute Gasteiger partial charge is 0.0484 e. The molecular formula is C24H15Cl. The first-order chi connectivity index (χ1) is 12.3. The normalized spacial score (nSPS) is 11.4. The van der Waals surface area contributed by atoms with E-state index in [4.69, 9.17) is 11.6 Å². The van der Waals surface area contributed by atoms with Gasteiger partial charge in [0.15, 0.2) is 0 Å². The van der Waals surface area contributed by atoms with Crippen LogP contribution in [-0.2, 0) is 0 Å². The number of fused-ring (bicyclic) bond motifs is 4. The second-order valence-electron chi connectivity index (χ2n) is 6.33. The Morgan fingerprint density at radius 1 is 0.440 bits per heavy atom. The van der Waals surface area contributed by atoms with E-state index in [9.17, 15) is 0 Å². The number of rotatable bonds is 1. The molecule has 118 valence electrons. The van der Waals surface area contributed by atoms with Crippen molar-refractivity contribution in [1.29, 1.82) is 0 Å². The van der Waals surface area contributed by atoms with E-state index in [1.54, 1.807) is 0 Å². The number of halogens is 1. The van der Waals surface area contributed by atoms with E-state index < -0.39 is 0 Å². The summed E-state index contributed by atoms with van der Waals surface area (Å²) in [5.74, 6) is 0. The Hall–Kier alpha value is -2.83. The summed E-state index contributed by atoms with van der Waals surface area (Å²) in [4.78, 5) is 0. The lowest BCUT2D eigenvalue weighted by atomic mass is 9.91. The Kier molecular flexibility index (Phi) is 3.26. The summed E-state index contributed by atoms with van der Waals surface area (Å²) >= 11 is 6.43. The van der Waals surface area contributed by atoms with Crippen LogP contribution in [0.25, 0.3) is 43.4 Å². The molecule has 0 atom stereocenters. The maximum Gasteiger partial charge on any atom is 0.0484 e. The molecule has 0 aliphatic heterocycles. The third-order valence-electron chi connectivity index (χ3n) is 4.93. The van der Waals surface area contributed by atoms with Crippen molar-refractivity contribution in [3.8, 4) is 11.1 Å². The quantitative estimate of drug-likeness (QED) is 0.278. The van der Waals surface area contributed by atoms with E-state index >= 15 is 0 Å². The lowest BCUT2D eigenvalue weighted by Crippen LogP contribution is -1.86. The summed E-state index contributed by atoms with van der Waals surface area (Å²) in [7, 11) is 0. The van der Waals surface area contributed by atoms with Gasteiger partial charge >= 0.3 is 0 Å². The minimum absolute atomic E-state index is 0.796. The predicted molar refractivity (Wildman–Crippen MR) is 109 cm³/mol. The van der Waals surface area contributed by atoms with Crippen LogP contribution in [0.4, 0.5) is 0 Å². The molecule has 0 unspecified atom stereocenters. The highest BCUT2D eigenvalue weighted by Crippen LogP contribution is 2.39. The average Bonchev–Trinajstić information content (AvgIpc) is 2.67. The molecule has 0 spiro atoms. The van der Waals surface area contributed by atoms with Gasteiger partial charge in [-0.05, 0) is 50.2 Å². The van der Waals surface area contributed by atoms with Crippen LogP contribution in [0.15, 0.2) is 91.0 Å². The van der Waals surface area contributed by atoms with Crippen molar-refractivity contribution in [3.05, 3.63) is 96.0 Å². The summed E-state index contributed by atoms with van der Waals surface area (Å²) < 4.78 is 0. The van der Waals surface area contributed by atoms with Gasteiger partial charge in [0.05, 0.1) is 0 Å². The minimum Gasteiger partial charge on any atom is -0.0837 e. The highest BCUT2D eigenvalue weighted by molar-refractivity contribution is 6.36. The third-order valence-corrected chi connectivity index (χ3v) is 5.26. The van der Waals surface area contributed by atoms with Crippen molar-refractivity contribution in [2.45, 2.75) is 0 Å². The Balaban J connectivity index is 1.97. The first-order valence-electron chi connectivity index (χ1n) is 8.41. The van der Waals surface area contributed by atoms with E-state index in [1.165, 1.54) is 38.1 Å². The zero-order chi connectivity index (χ0) is 16.8. The lowest BCUT2D eigenvalue weighted by Gasteiger charge is -2.13. The molecule has 0 amide bonds. The van der Waals surface area contributed by atoms with Gasteiger partial charge in [0.1, 0.15) is 0 Å². The standard InChI is InChI=1S/C24H15Cl/c25-24-14-6-12-19-21(11-5-13-22(19)24)23-15-16-7-1-2-8-17(16)18-9-3-4-10-20(18)23/h1-15H. The van der Waals surface area contributed by atoms with Gasteiger partial charge in [-0.3, -0.25) is 0 Å². The average molecular weight is 339 g/mol. The van der Waals surface area contributed by atoms with Crippen LogP contribution >= 0.6 is 11.6 Å². The van der Waals surface area contributed by atoms with Gasteiger partial charge in [-0.25, -0.2) is 0 Å². The van der Waals surface area contributed by atoms with E-state index in [1.807, 2.05) is 12.1 Å². The molecule has 0 bridgehead atoms. The van der Waals surface area contributed by atoms with Crippen LogP contribution in [0.3, 0.4) is 0 Å². The highest BCUT2D eigenvalue weighted by atomic mass is 35.5. The maximum absolute atomic E-state index is 6.43. The van der Waals surface area contributed by atoms with Gasteiger partial charge in [-0.2, -0.15) is 0 Å². The molecule has 5 rings (SSSR count). The fraction of sp³-hybridized carbons (Fsp3) is 0. The molecule has 0 saturated heterocycles. The van der Waals surface area contributed by atoms with Crippen molar-refractivity contribution in [2.75, 3.05) is 0 Å². The van der Waals surface area contributed by atoms with Crippen LogP contribution in [0.5, 0.6) is 0 Å². The van der Waals surface area contributed by atoms with Crippen LogP contribution in [0.2, 0.25) is 5.02 Å². The molecule has 25 heavy (non-hydrogen) atoms. The topological polar surface area (TPSA) is 0 Å². The van der Waals surface area contributed by atoms with Gasteiger partial charge in [0.25, 0.3) is 0 Å². The molecular weight excluding hydrogens is 324 g/mol. The van der Waals surface area contributed by atoms with Crippen molar-refractivity contribution in [2.24, 2.45) is 0 Å². The fourth-order valence-electron chi connectivity index (χ4n) is 3.78. The third kappa shape index (κ3) is 2.22. The predicted octanol–water partition coefficient (Wildman–Crippen LogP) is 7.47. The first-order valence-corrected chi connectivity index (χ1v) is 8.79. The van der Waals surface area contributed by atoms with Gasteiger partial charge in [-0.1, -0.05) is 90.5 Å².